The third-order valence-corrected chi connectivity index (χ3v) is 19.8. The second kappa shape index (κ2) is 18.2. The lowest BCUT2D eigenvalue weighted by atomic mass is 9.87. The number of rotatable bonds is 5. The quantitative estimate of drug-likeness (QED) is 0.169. The zero-order chi connectivity index (χ0) is 56.6. The number of benzene rings is 5. The van der Waals surface area contributed by atoms with Crippen LogP contribution in [0.3, 0.4) is 0 Å². The molecule has 0 N–H and O–H groups in total. The molecule has 6 heteroatoms. The molecule has 0 saturated carbocycles. The summed E-state index contributed by atoms with van der Waals surface area (Å²) < 4.78 is 13.1. The predicted octanol–water partition coefficient (Wildman–Crippen LogP) is 18.6. The minimum absolute atomic E-state index is 0.374. The lowest BCUT2D eigenvalue weighted by Crippen LogP contribution is -2.22. The van der Waals surface area contributed by atoms with Crippen molar-refractivity contribution in [1.82, 2.24) is 22.8 Å². The average molecular weight is 1080 g/mol. The van der Waals surface area contributed by atoms with Gasteiger partial charge < -0.3 is 22.8 Å². The molecule has 0 amide bonds. The van der Waals surface area contributed by atoms with E-state index < -0.39 is 0 Å². The molecule has 5 heterocycles. The maximum Gasteiger partial charge on any atom is 0.105 e. The summed E-state index contributed by atoms with van der Waals surface area (Å²) in [6.07, 6.45) is 34.8. The third-order valence-electron chi connectivity index (χ3n) is 19.8. The summed E-state index contributed by atoms with van der Waals surface area (Å²) in [6, 6.07) is 31.5. The van der Waals surface area contributed by atoms with Crippen molar-refractivity contribution in [3.63, 3.8) is 0 Å². The Kier molecular flexibility index (Phi) is 11.0. The van der Waals surface area contributed by atoms with E-state index in [1.807, 2.05) is 0 Å². The number of hydrogen-bond donors (Lipinski definition) is 0. The molecule has 5 aromatic carbocycles. The Morgan fingerprint density at radius 1 is 0.313 bits per heavy atom. The van der Waals surface area contributed by atoms with Crippen molar-refractivity contribution in [2.24, 2.45) is 35.5 Å². The zero-order valence-corrected chi connectivity index (χ0v) is 49.7. The lowest BCUT2D eigenvalue weighted by Gasteiger charge is -2.32. The highest BCUT2D eigenvalue weighted by molar-refractivity contribution is 6.14. The topological polar surface area (TPSA) is 48.4 Å². The van der Waals surface area contributed by atoms with Crippen LogP contribution in [0.25, 0.3) is 109 Å². The van der Waals surface area contributed by atoms with E-state index in [1.54, 1.807) is 0 Å². The van der Waals surface area contributed by atoms with Gasteiger partial charge in [-0.3, -0.25) is 0 Å². The molecule has 10 aromatic rings. The smallest absolute Gasteiger partial charge is 0.105 e. The van der Waals surface area contributed by atoms with Crippen molar-refractivity contribution in [3.8, 4) is 34.5 Å². The first-order chi connectivity index (χ1) is 40.2. The molecule has 0 aliphatic heterocycles. The third kappa shape index (κ3) is 7.25. The van der Waals surface area contributed by atoms with Crippen LogP contribution in [-0.2, 0) is 38.5 Å². The maximum absolute atomic E-state index is 13.3. The van der Waals surface area contributed by atoms with Gasteiger partial charge in [0.2, 0.25) is 0 Å². The molecule has 83 heavy (non-hydrogen) atoms. The van der Waals surface area contributed by atoms with Crippen LogP contribution in [0, 0.1) is 74.5 Å². The van der Waals surface area contributed by atoms with Crippen LogP contribution in [0.2, 0.25) is 0 Å². The van der Waals surface area contributed by atoms with Gasteiger partial charge in [0.15, 0.2) is 0 Å². The molecular weight excluding hydrogens is 1010 g/mol. The van der Waals surface area contributed by atoms with Gasteiger partial charge in [-0.05, 0) is 220 Å². The molecule has 6 aliphatic carbocycles. The van der Waals surface area contributed by atoms with Crippen LogP contribution >= 0.6 is 0 Å². The molecule has 6 nitrogen and oxygen atoms in total. The van der Waals surface area contributed by atoms with Crippen LogP contribution in [-0.4, -0.2) is 22.8 Å². The molecule has 0 bridgehead atoms. The standard InChI is InChI=1S/C77H72N6/c1-42-11-21-63-52(31-42)53-32-43(2)12-22-64(53)79(63)73-62(41-78)74(80-65-23-13-44(3)33-54(65)55-34-45(4)14-24-66(55)80)76(82-69-27-17-48(7)37-58(69)59-38-49(8)18-28-70(59)82)77(83-71-29-19-50(9)39-60(71)61-40-51(10)20-30-72(61)83)75(73)81-67-25-15-46(5)35-56(67)57-36-47(6)16-26-68(57)81/h11-30,35-36,39-40,42-45,48-49H,31-34,37-38H2,1-10H3. The van der Waals surface area contributed by atoms with Gasteiger partial charge >= 0.3 is 0 Å². The van der Waals surface area contributed by atoms with Crippen LogP contribution in [0.5, 0.6) is 0 Å². The van der Waals surface area contributed by atoms with E-state index in [9.17, 15) is 5.26 Å². The average Bonchev–Trinajstić information content (AvgIpc) is 2.04. The summed E-state index contributed by atoms with van der Waals surface area (Å²) in [6.45, 7) is 23.1. The molecule has 410 valence electrons. The largest absolute Gasteiger partial charge is 0.307 e. The van der Waals surface area contributed by atoms with Crippen LogP contribution in [0.1, 0.15) is 137 Å². The van der Waals surface area contributed by atoms with E-state index in [0.717, 1.165) is 89.0 Å². The fourth-order valence-corrected chi connectivity index (χ4v) is 16.0. The normalized spacial score (nSPS) is 21.0. The molecule has 0 saturated heterocycles. The molecule has 0 fully saturated rings. The van der Waals surface area contributed by atoms with Crippen LogP contribution < -0.4 is 0 Å². The number of aryl methyl sites for hydroxylation is 4. The van der Waals surface area contributed by atoms with Gasteiger partial charge in [-0.1, -0.05) is 125 Å². The zero-order valence-electron chi connectivity index (χ0n) is 49.7. The van der Waals surface area contributed by atoms with Crippen molar-refractivity contribution in [2.45, 2.75) is 108 Å². The van der Waals surface area contributed by atoms with Crippen molar-refractivity contribution >= 4 is 80.1 Å². The van der Waals surface area contributed by atoms with Crippen molar-refractivity contribution in [3.05, 3.63) is 205 Å². The molecule has 6 aliphatic rings. The van der Waals surface area contributed by atoms with E-state index in [-0.39, 0.29) is 0 Å². The number of hydrogen-bond acceptors (Lipinski definition) is 1. The molecule has 6 atom stereocenters. The highest BCUT2D eigenvalue weighted by atomic mass is 15.2. The van der Waals surface area contributed by atoms with E-state index in [4.69, 9.17) is 0 Å². The number of nitrogens with zero attached hydrogens (tertiary/aromatic N) is 6. The summed E-state index contributed by atoms with van der Waals surface area (Å²) in [5.74, 6) is 2.26. The Morgan fingerprint density at radius 2 is 0.530 bits per heavy atom. The molecule has 16 rings (SSSR count). The first-order valence-electron chi connectivity index (χ1n) is 30.8. The second-order valence-corrected chi connectivity index (χ2v) is 26.4. The van der Waals surface area contributed by atoms with Crippen LogP contribution in [0.15, 0.2) is 109 Å². The van der Waals surface area contributed by atoms with Gasteiger partial charge in [-0.2, -0.15) is 5.26 Å². The summed E-state index contributed by atoms with van der Waals surface area (Å²) in [7, 11) is 0. The Labute approximate surface area is 488 Å². The summed E-state index contributed by atoms with van der Waals surface area (Å²) >= 11 is 0. The van der Waals surface area contributed by atoms with Gasteiger partial charge in [0, 0.05) is 55.7 Å². The minimum Gasteiger partial charge on any atom is -0.307 e. The first kappa shape index (κ1) is 50.2. The number of fused-ring (bicyclic) bond motifs is 15. The van der Waals surface area contributed by atoms with Gasteiger partial charge in [-0.15, -0.1) is 0 Å². The fourth-order valence-electron chi connectivity index (χ4n) is 16.0. The Bertz CT molecular complexity index is 4540. The maximum atomic E-state index is 13.3. The van der Waals surface area contributed by atoms with E-state index in [1.165, 1.54) is 111 Å². The Morgan fingerprint density at radius 3 is 0.771 bits per heavy atom. The van der Waals surface area contributed by atoms with Gasteiger partial charge in [0.25, 0.3) is 0 Å². The number of aromatic nitrogens is 5. The fraction of sp³-hybridized carbons (Fsp3) is 0.286. The van der Waals surface area contributed by atoms with Gasteiger partial charge in [0.05, 0.1) is 50.5 Å². The van der Waals surface area contributed by atoms with E-state index in [2.05, 4.69) is 244 Å². The second-order valence-electron chi connectivity index (χ2n) is 26.4. The Hall–Kier alpha value is -8.53. The predicted molar refractivity (Wildman–Crippen MR) is 348 cm³/mol. The monoisotopic (exact) mass is 1080 g/mol. The van der Waals surface area contributed by atoms with Crippen molar-refractivity contribution < 1.29 is 0 Å². The highest BCUT2D eigenvalue weighted by Gasteiger charge is 2.41. The molecule has 0 radical (unpaired) electrons. The molecular formula is C77H72N6. The SMILES string of the molecule is Cc1ccc2c(c1)c1cc(C)ccc1n2-c1c(-n2c3c(c4c2C=CC(C)C4)CC(C)C=C3)c(C#N)c(-n2c3c(c4c2C=CC(C)C4)CC(C)C=C3)c(-n2c3c(c4c2C=CC(C)C4)CC(C)C=C3)c1-n1c2ccc(C)cc2c2cc(C)ccc21. The molecule has 6 unspecified atom stereocenters. The van der Waals surface area contributed by atoms with E-state index in [0.29, 0.717) is 41.1 Å². The minimum atomic E-state index is 0.374. The van der Waals surface area contributed by atoms with Gasteiger partial charge in [0.1, 0.15) is 11.6 Å². The Balaban J connectivity index is 1.26. The number of allylic oxidation sites excluding steroid dienone is 6. The summed E-state index contributed by atoms with van der Waals surface area (Å²) in [5.41, 5.74) is 30.6. The van der Waals surface area contributed by atoms with Gasteiger partial charge in [-0.25, -0.2) is 0 Å². The summed E-state index contributed by atoms with van der Waals surface area (Å²) in [4.78, 5) is 0. The van der Waals surface area contributed by atoms with Crippen molar-refractivity contribution in [1.29, 1.82) is 5.26 Å². The van der Waals surface area contributed by atoms with Crippen molar-refractivity contribution in [2.75, 3.05) is 0 Å². The highest BCUT2D eigenvalue weighted by Crippen LogP contribution is 2.53. The molecule has 5 aromatic heterocycles. The summed E-state index contributed by atoms with van der Waals surface area (Å²) in [5, 5.41) is 18.1. The lowest BCUT2D eigenvalue weighted by molar-refractivity contribution is 0.681. The molecule has 0 spiro atoms. The first-order valence-corrected chi connectivity index (χ1v) is 30.8. The van der Waals surface area contributed by atoms with Crippen LogP contribution in [0.4, 0.5) is 0 Å². The number of nitriles is 1. The van der Waals surface area contributed by atoms with E-state index >= 15 is 0 Å².